The number of hydrogen-bond donors (Lipinski definition) is 1. The minimum Gasteiger partial charge on any atom is -0.325 e. The molecule has 0 unspecified atom stereocenters. The van der Waals surface area contributed by atoms with E-state index in [9.17, 15) is 13.6 Å². The van der Waals surface area contributed by atoms with Gasteiger partial charge >= 0.3 is 5.92 Å². The van der Waals surface area contributed by atoms with Crippen LogP contribution >= 0.6 is 0 Å². The van der Waals surface area contributed by atoms with Gasteiger partial charge in [-0.3, -0.25) is 9.48 Å². The molecule has 35 heavy (non-hydrogen) atoms. The molecule has 2 aliphatic rings. The molecule has 1 amide bonds. The fraction of sp³-hybridized carbons (Fsp3) is 0.458. The first-order valence-corrected chi connectivity index (χ1v) is 11.5. The number of carbonyl (C=O) groups is 1. The summed E-state index contributed by atoms with van der Waals surface area (Å²) < 4.78 is 30.7. The van der Waals surface area contributed by atoms with Crippen LogP contribution in [0.4, 0.5) is 26.1 Å². The van der Waals surface area contributed by atoms with Crippen molar-refractivity contribution in [2.45, 2.75) is 44.6 Å². The third-order valence-corrected chi connectivity index (χ3v) is 6.45. The van der Waals surface area contributed by atoms with Crippen molar-refractivity contribution in [2.24, 2.45) is 0 Å². The van der Waals surface area contributed by atoms with Crippen LogP contribution in [0, 0.1) is 0 Å². The lowest BCUT2D eigenvalue weighted by atomic mass is 10.0. The van der Waals surface area contributed by atoms with Gasteiger partial charge in [0, 0.05) is 68.0 Å². The van der Waals surface area contributed by atoms with Gasteiger partial charge in [0.1, 0.15) is 11.6 Å². The normalized spacial score (nSPS) is 16.1. The van der Waals surface area contributed by atoms with Crippen LogP contribution in [0.5, 0.6) is 0 Å². The van der Waals surface area contributed by atoms with Gasteiger partial charge in [0.05, 0.1) is 24.1 Å². The molecule has 184 valence electrons. The molecule has 11 heteroatoms. The van der Waals surface area contributed by atoms with E-state index in [2.05, 4.69) is 25.4 Å². The number of nitrogens with zero attached hydrogens (tertiary/aromatic N) is 7. The van der Waals surface area contributed by atoms with E-state index in [0.717, 1.165) is 37.6 Å². The summed E-state index contributed by atoms with van der Waals surface area (Å²) in [6.07, 6.45) is 7.21. The highest BCUT2D eigenvalue weighted by Gasteiger charge is 2.53. The van der Waals surface area contributed by atoms with Gasteiger partial charge in [0.2, 0.25) is 11.7 Å². The highest BCUT2D eigenvalue weighted by Crippen LogP contribution is 2.58. The summed E-state index contributed by atoms with van der Waals surface area (Å²) >= 11 is 0. The van der Waals surface area contributed by atoms with Crippen molar-refractivity contribution in [2.75, 3.05) is 37.4 Å². The fourth-order valence-electron chi connectivity index (χ4n) is 4.42. The summed E-state index contributed by atoms with van der Waals surface area (Å²) in [5, 5.41) is 7.08. The molecule has 0 aromatic carbocycles. The lowest BCUT2D eigenvalue weighted by Crippen LogP contribution is -2.22. The molecular formula is C24H28F2N8O. The Morgan fingerprint density at radius 1 is 1.23 bits per heavy atom. The zero-order valence-electron chi connectivity index (χ0n) is 20.2. The predicted molar refractivity (Wildman–Crippen MR) is 128 cm³/mol. The zero-order chi connectivity index (χ0) is 25.0. The molecule has 9 nitrogen and oxygen atoms in total. The van der Waals surface area contributed by atoms with Crippen LogP contribution < -0.4 is 10.2 Å². The smallest absolute Gasteiger partial charge is 0.303 e. The second-order valence-corrected chi connectivity index (χ2v) is 9.75. The number of halogens is 2. The molecule has 0 atom stereocenters. The first-order chi connectivity index (χ1) is 16.5. The summed E-state index contributed by atoms with van der Waals surface area (Å²) in [7, 11) is 3.95. The Labute approximate surface area is 202 Å². The lowest BCUT2D eigenvalue weighted by Gasteiger charge is -2.21. The fourth-order valence-corrected chi connectivity index (χ4v) is 4.42. The van der Waals surface area contributed by atoms with Gasteiger partial charge in [0.15, 0.2) is 0 Å². The second kappa shape index (κ2) is 8.33. The van der Waals surface area contributed by atoms with Crippen molar-refractivity contribution in [1.82, 2.24) is 29.6 Å². The SMILES string of the molecule is CC(=O)Nc1cc2c(cn1)C1(CC1)CN2c1cc(-c2cnn(CCN(C)C)c2)nc(C(C)(F)F)n1. The number of alkyl halides is 2. The molecule has 1 spiro atoms. The number of amides is 1. The summed E-state index contributed by atoms with van der Waals surface area (Å²) in [4.78, 5) is 28.4. The van der Waals surface area contributed by atoms with Crippen LogP contribution in [0.3, 0.4) is 0 Å². The minimum atomic E-state index is -3.22. The maximum atomic E-state index is 14.5. The Morgan fingerprint density at radius 2 is 2.00 bits per heavy atom. The first-order valence-electron chi connectivity index (χ1n) is 11.5. The standard InChI is InChI=1S/C24H28F2N8O/c1-15(35)29-20-10-19-17(12-27-20)24(5-6-24)14-34(19)21-9-18(30-22(31-21)23(2,25)26)16-11-28-33(13-16)8-7-32(3)4/h9-13H,5-8,14H2,1-4H3,(H,27,29,35). The number of hydrogen-bond acceptors (Lipinski definition) is 7. The highest BCUT2D eigenvalue weighted by molar-refractivity contribution is 5.89. The molecule has 1 N–H and O–H groups in total. The Bertz CT molecular complexity index is 1280. The predicted octanol–water partition coefficient (Wildman–Crippen LogP) is 3.55. The van der Waals surface area contributed by atoms with Gasteiger partial charge in [-0.15, -0.1) is 0 Å². The maximum Gasteiger partial charge on any atom is 0.303 e. The molecule has 1 aliphatic carbocycles. The van der Waals surface area contributed by atoms with Gasteiger partial charge in [-0.25, -0.2) is 15.0 Å². The molecule has 1 fully saturated rings. The van der Waals surface area contributed by atoms with E-state index in [0.29, 0.717) is 36.0 Å². The average Bonchev–Trinajstić information content (AvgIpc) is 3.28. The minimum absolute atomic E-state index is 0.0614. The summed E-state index contributed by atoms with van der Waals surface area (Å²) in [5.41, 5.74) is 2.84. The summed E-state index contributed by atoms with van der Waals surface area (Å²) in [6.45, 7) is 4.30. The molecular weight excluding hydrogens is 454 g/mol. The van der Waals surface area contributed by atoms with E-state index >= 15 is 0 Å². The van der Waals surface area contributed by atoms with Crippen LogP contribution in [0.2, 0.25) is 0 Å². The third-order valence-electron chi connectivity index (χ3n) is 6.45. The Balaban J connectivity index is 1.56. The van der Waals surface area contributed by atoms with Crippen LogP contribution in [0.15, 0.2) is 30.7 Å². The lowest BCUT2D eigenvalue weighted by molar-refractivity contribution is -0.114. The second-order valence-electron chi connectivity index (χ2n) is 9.75. The molecule has 3 aromatic heterocycles. The molecule has 0 saturated heterocycles. The number of likely N-dealkylation sites (N-methyl/N-ethyl adjacent to an activating group) is 1. The van der Waals surface area contributed by atoms with Gasteiger partial charge in [-0.05, 0) is 26.9 Å². The van der Waals surface area contributed by atoms with E-state index in [-0.39, 0.29) is 11.3 Å². The number of anilines is 3. The Morgan fingerprint density at radius 3 is 2.66 bits per heavy atom. The summed E-state index contributed by atoms with van der Waals surface area (Å²) in [6, 6.07) is 3.51. The molecule has 1 saturated carbocycles. The van der Waals surface area contributed by atoms with Crippen LogP contribution in [-0.2, 0) is 22.7 Å². The number of pyridine rings is 1. The van der Waals surface area contributed by atoms with E-state index in [4.69, 9.17) is 0 Å². The van der Waals surface area contributed by atoms with E-state index < -0.39 is 11.7 Å². The monoisotopic (exact) mass is 482 g/mol. The Kier molecular flexibility index (Phi) is 5.54. The number of rotatable bonds is 7. The van der Waals surface area contributed by atoms with Crippen molar-refractivity contribution in [3.8, 4) is 11.3 Å². The van der Waals surface area contributed by atoms with Crippen molar-refractivity contribution in [1.29, 1.82) is 0 Å². The topological polar surface area (TPSA) is 92.1 Å². The van der Waals surface area contributed by atoms with Crippen molar-refractivity contribution in [3.63, 3.8) is 0 Å². The van der Waals surface area contributed by atoms with Crippen LogP contribution in [0.25, 0.3) is 11.3 Å². The van der Waals surface area contributed by atoms with Gasteiger partial charge < -0.3 is 15.1 Å². The largest absolute Gasteiger partial charge is 0.325 e. The average molecular weight is 483 g/mol. The van der Waals surface area contributed by atoms with Gasteiger partial charge in [0.25, 0.3) is 0 Å². The van der Waals surface area contributed by atoms with E-state index in [1.165, 1.54) is 6.92 Å². The molecule has 3 aromatic rings. The van der Waals surface area contributed by atoms with Crippen LogP contribution in [0.1, 0.15) is 38.1 Å². The molecule has 4 heterocycles. The molecule has 1 aliphatic heterocycles. The number of carbonyl (C=O) groups excluding carboxylic acids is 1. The highest BCUT2D eigenvalue weighted by atomic mass is 19.3. The van der Waals surface area contributed by atoms with Crippen molar-refractivity contribution >= 4 is 23.2 Å². The number of nitrogens with one attached hydrogen (secondary N) is 1. The van der Waals surface area contributed by atoms with Crippen LogP contribution in [-0.4, -0.2) is 62.7 Å². The molecule has 5 rings (SSSR count). The van der Waals surface area contributed by atoms with Gasteiger partial charge in [-0.2, -0.15) is 13.9 Å². The van der Waals surface area contributed by atoms with Crippen molar-refractivity contribution < 1.29 is 13.6 Å². The summed E-state index contributed by atoms with van der Waals surface area (Å²) in [5.74, 6) is -3.19. The van der Waals surface area contributed by atoms with E-state index in [1.807, 2.05) is 30.1 Å². The Hall–Kier alpha value is -3.47. The zero-order valence-corrected chi connectivity index (χ0v) is 20.2. The van der Waals surface area contributed by atoms with Crippen molar-refractivity contribution in [3.05, 3.63) is 42.1 Å². The number of fused-ring (bicyclic) bond motifs is 2. The quantitative estimate of drug-likeness (QED) is 0.551. The molecule has 0 bridgehead atoms. The number of aromatic nitrogens is 5. The first kappa shape index (κ1) is 23.3. The maximum absolute atomic E-state index is 14.5. The van der Waals surface area contributed by atoms with E-state index in [1.54, 1.807) is 29.2 Å². The molecule has 0 radical (unpaired) electrons. The van der Waals surface area contributed by atoms with Gasteiger partial charge in [-0.1, -0.05) is 0 Å². The third kappa shape index (κ3) is 4.60.